The zero-order chi connectivity index (χ0) is 15.0. The first-order chi connectivity index (χ1) is 9.63. The van der Waals surface area contributed by atoms with E-state index in [-0.39, 0.29) is 30.3 Å². The average Bonchev–Trinajstić information content (AvgIpc) is 2.45. The predicted octanol–water partition coefficient (Wildman–Crippen LogP) is 1.83. The summed E-state index contributed by atoms with van der Waals surface area (Å²) in [7, 11) is 0. The molecule has 0 atom stereocenters. The molecule has 20 heavy (non-hydrogen) atoms. The summed E-state index contributed by atoms with van der Waals surface area (Å²) in [5.41, 5.74) is 2.06. The van der Waals surface area contributed by atoms with Crippen LogP contribution in [0.5, 0.6) is 5.75 Å². The molecular weight excluding hydrogens is 264 g/mol. The van der Waals surface area contributed by atoms with E-state index >= 15 is 0 Å². The molecule has 7 nitrogen and oxygen atoms in total. The van der Waals surface area contributed by atoms with Gasteiger partial charge in [0.2, 0.25) is 0 Å². The van der Waals surface area contributed by atoms with E-state index < -0.39 is 5.97 Å². The summed E-state index contributed by atoms with van der Waals surface area (Å²) in [6.45, 7) is 5.00. The Morgan fingerprint density at radius 2 is 2.35 bits per heavy atom. The molecule has 0 spiro atoms. The zero-order valence-corrected chi connectivity index (χ0v) is 11.0. The molecule has 0 amide bonds. The van der Waals surface area contributed by atoms with E-state index in [4.69, 9.17) is 14.7 Å². The highest BCUT2D eigenvalue weighted by Gasteiger charge is 2.18. The summed E-state index contributed by atoms with van der Waals surface area (Å²) in [6, 6.07) is 4.54. The van der Waals surface area contributed by atoms with Crippen molar-refractivity contribution in [2.24, 2.45) is 0 Å². The van der Waals surface area contributed by atoms with Crippen LogP contribution in [0.2, 0.25) is 0 Å². The second-order valence-electron chi connectivity index (χ2n) is 3.57. The van der Waals surface area contributed by atoms with Crippen molar-refractivity contribution in [1.82, 2.24) is 0 Å². The largest absolute Gasteiger partial charge is 0.618 e. The minimum Gasteiger partial charge on any atom is -0.618 e. The van der Waals surface area contributed by atoms with Crippen molar-refractivity contribution in [2.75, 3.05) is 18.7 Å². The van der Waals surface area contributed by atoms with Gasteiger partial charge in [-0.3, -0.25) is 10.7 Å². The maximum atomic E-state index is 11.9. The maximum absolute atomic E-state index is 11.9. The molecule has 7 heteroatoms. The molecule has 1 rings (SSSR count). The van der Waals surface area contributed by atoms with E-state index in [0.717, 1.165) is 6.21 Å². The number of hydrogen-bond donors (Lipinski definition) is 2. The van der Waals surface area contributed by atoms with Crippen LogP contribution in [0.1, 0.15) is 6.92 Å². The molecule has 0 saturated heterocycles. The van der Waals surface area contributed by atoms with E-state index in [9.17, 15) is 10.0 Å². The van der Waals surface area contributed by atoms with Crippen LogP contribution in [0.15, 0.2) is 30.9 Å². The lowest BCUT2D eigenvalue weighted by Gasteiger charge is -2.12. The third-order valence-corrected chi connectivity index (χ3v) is 2.23. The van der Waals surface area contributed by atoms with E-state index in [0.29, 0.717) is 4.74 Å². The summed E-state index contributed by atoms with van der Waals surface area (Å²) in [6.07, 6.45) is 2.43. The van der Waals surface area contributed by atoms with Crippen LogP contribution >= 0.6 is 0 Å². The van der Waals surface area contributed by atoms with E-state index in [1.807, 2.05) is 5.48 Å². The number of benzene rings is 1. The summed E-state index contributed by atoms with van der Waals surface area (Å²) >= 11 is 0. The van der Waals surface area contributed by atoms with Crippen LogP contribution < -0.4 is 10.2 Å². The number of para-hydroxylation sites is 1. The Labute approximate surface area is 116 Å². The molecule has 0 aliphatic rings. The second kappa shape index (κ2) is 7.80. The standard InChI is InChI=1S/C13H16N2O5/c1-3-8-15(18)13-10(14-17)6-5-7-11(13)20-9-12(16)19-4-2/h3,5-8,14,17H,1,4,9H2,2H3/b15-8+. The highest BCUT2D eigenvalue weighted by molar-refractivity contribution is 5.74. The number of anilines is 1. The molecule has 0 saturated carbocycles. The van der Waals surface area contributed by atoms with Gasteiger partial charge in [-0.05, 0) is 25.1 Å². The molecule has 0 aromatic heterocycles. The number of rotatable bonds is 7. The SMILES string of the molecule is C=C/C=[N+](/[O-])c1c(NO)cccc1OCC(=O)OCC. The van der Waals surface area contributed by atoms with Crippen molar-refractivity contribution in [3.05, 3.63) is 36.1 Å². The molecule has 0 aliphatic carbocycles. The van der Waals surface area contributed by atoms with Crippen LogP contribution in [-0.2, 0) is 9.53 Å². The number of carbonyl (C=O) groups is 1. The molecule has 108 valence electrons. The number of nitrogens with one attached hydrogen (secondary N) is 1. The van der Waals surface area contributed by atoms with E-state index in [1.165, 1.54) is 18.2 Å². The second-order valence-corrected chi connectivity index (χ2v) is 3.57. The van der Waals surface area contributed by atoms with Crippen molar-refractivity contribution in [2.45, 2.75) is 6.92 Å². The maximum Gasteiger partial charge on any atom is 0.344 e. The van der Waals surface area contributed by atoms with Crippen molar-refractivity contribution < 1.29 is 24.2 Å². The lowest BCUT2D eigenvalue weighted by atomic mass is 10.2. The molecule has 2 N–H and O–H groups in total. The molecule has 1 aromatic carbocycles. The lowest BCUT2D eigenvalue weighted by Crippen LogP contribution is -2.15. The summed E-state index contributed by atoms with van der Waals surface area (Å²) < 4.78 is 10.4. The van der Waals surface area contributed by atoms with Gasteiger partial charge in [0.25, 0.3) is 5.69 Å². The first-order valence-electron chi connectivity index (χ1n) is 5.87. The average molecular weight is 280 g/mol. The third kappa shape index (κ3) is 3.99. The molecule has 0 heterocycles. The van der Waals surface area contributed by atoms with Crippen LogP contribution in [-0.4, -0.2) is 35.3 Å². The van der Waals surface area contributed by atoms with Crippen LogP contribution in [0.3, 0.4) is 0 Å². The Bertz CT molecular complexity index is 513. The summed E-state index contributed by atoms with van der Waals surface area (Å²) in [5, 5.41) is 20.9. The van der Waals surface area contributed by atoms with Gasteiger partial charge in [-0.15, -0.1) is 0 Å². The molecule has 0 unspecified atom stereocenters. The Morgan fingerprint density at radius 1 is 1.60 bits per heavy atom. The van der Waals surface area contributed by atoms with Gasteiger partial charge < -0.3 is 14.7 Å². The molecule has 0 radical (unpaired) electrons. The Morgan fingerprint density at radius 3 is 2.95 bits per heavy atom. The molecule has 0 aliphatic heterocycles. The molecule has 0 fully saturated rings. The lowest BCUT2D eigenvalue weighted by molar-refractivity contribution is -0.354. The first-order valence-corrected chi connectivity index (χ1v) is 5.87. The number of nitrogens with zero attached hydrogens (tertiary/aromatic N) is 1. The van der Waals surface area contributed by atoms with Gasteiger partial charge in [-0.25, -0.2) is 4.79 Å². The Hall–Kier alpha value is -2.54. The fraction of sp³-hybridized carbons (Fsp3) is 0.231. The predicted molar refractivity (Wildman–Crippen MR) is 73.5 cm³/mol. The number of esters is 1. The number of allylic oxidation sites excluding steroid dienone is 1. The van der Waals surface area contributed by atoms with Crippen molar-refractivity contribution in [3.8, 4) is 5.75 Å². The van der Waals surface area contributed by atoms with Crippen molar-refractivity contribution in [1.29, 1.82) is 0 Å². The van der Waals surface area contributed by atoms with Gasteiger partial charge >= 0.3 is 5.97 Å². The molecule has 0 bridgehead atoms. The minimum absolute atomic E-state index is 0.0270. The van der Waals surface area contributed by atoms with Gasteiger partial charge in [0.15, 0.2) is 18.6 Å². The zero-order valence-electron chi connectivity index (χ0n) is 11.0. The van der Waals surface area contributed by atoms with Gasteiger partial charge in [0.05, 0.1) is 6.61 Å². The van der Waals surface area contributed by atoms with Crippen LogP contribution in [0.4, 0.5) is 11.4 Å². The fourth-order valence-corrected chi connectivity index (χ4v) is 1.47. The number of carbonyl (C=O) groups excluding carboxylic acids is 1. The highest BCUT2D eigenvalue weighted by atomic mass is 16.6. The van der Waals surface area contributed by atoms with Gasteiger partial charge in [-0.2, -0.15) is 4.74 Å². The fourth-order valence-electron chi connectivity index (χ4n) is 1.47. The van der Waals surface area contributed by atoms with Crippen LogP contribution in [0, 0.1) is 5.21 Å². The summed E-state index contributed by atoms with van der Waals surface area (Å²) in [4.78, 5) is 11.2. The summed E-state index contributed by atoms with van der Waals surface area (Å²) in [5.74, 6) is -0.420. The van der Waals surface area contributed by atoms with Crippen LogP contribution in [0.25, 0.3) is 0 Å². The first kappa shape index (κ1) is 15.5. The Kier molecular flexibility index (Phi) is 6.05. The normalized spacial score (nSPS) is 10.8. The van der Waals surface area contributed by atoms with Crippen molar-refractivity contribution >= 4 is 23.6 Å². The number of hydrogen-bond acceptors (Lipinski definition) is 6. The number of ether oxygens (including phenoxy) is 2. The quantitative estimate of drug-likeness (QED) is 0.260. The smallest absolute Gasteiger partial charge is 0.344 e. The van der Waals surface area contributed by atoms with Gasteiger partial charge in [0, 0.05) is 0 Å². The molecular formula is C13H16N2O5. The van der Waals surface area contributed by atoms with E-state index in [2.05, 4.69) is 6.58 Å². The van der Waals surface area contributed by atoms with Crippen molar-refractivity contribution in [3.63, 3.8) is 0 Å². The van der Waals surface area contributed by atoms with Gasteiger partial charge in [-0.1, -0.05) is 12.6 Å². The minimum atomic E-state index is -0.550. The van der Waals surface area contributed by atoms with Gasteiger partial charge in [0.1, 0.15) is 5.69 Å². The third-order valence-electron chi connectivity index (χ3n) is 2.23. The highest BCUT2D eigenvalue weighted by Crippen LogP contribution is 2.34. The monoisotopic (exact) mass is 280 g/mol. The van der Waals surface area contributed by atoms with E-state index in [1.54, 1.807) is 13.0 Å². The molecule has 1 aromatic rings. The topological polar surface area (TPSA) is 93.9 Å². The Balaban J connectivity index is 3.03.